The van der Waals surface area contributed by atoms with E-state index in [-0.39, 0.29) is 5.78 Å². The molecule has 0 amide bonds. The highest BCUT2D eigenvalue weighted by Crippen LogP contribution is 2.17. The predicted octanol–water partition coefficient (Wildman–Crippen LogP) is 1.83. The predicted molar refractivity (Wildman–Crippen MR) is 54.5 cm³/mol. The molecule has 0 radical (unpaired) electrons. The fraction of sp³-hybridized carbons (Fsp3) is 0.300. The Bertz CT molecular complexity index is 321. The Morgan fingerprint density at radius 2 is 2.00 bits per heavy atom. The summed E-state index contributed by atoms with van der Waals surface area (Å²) in [4.78, 5) is 11.4. The number of benzene rings is 1. The van der Waals surface area contributed by atoms with Crippen LogP contribution in [0, 0.1) is 0 Å². The van der Waals surface area contributed by atoms with Gasteiger partial charge in [-0.15, -0.1) is 0 Å². The number of Topliss-reactive ketones (excluding diaryl/α,β-unsaturated/α-hetero) is 1. The third kappa shape index (κ3) is 2.21. The number of carbonyl (C=O) groups excluding carboxylic acids is 1. The summed E-state index contributed by atoms with van der Waals surface area (Å²) in [5, 5.41) is 0. The number of anilines is 2. The van der Waals surface area contributed by atoms with Crippen LogP contribution in [0.15, 0.2) is 18.2 Å². The number of ketones is 1. The lowest BCUT2D eigenvalue weighted by Gasteiger charge is -2.02. The molecule has 0 aliphatic rings. The number of nitrogens with two attached hydrogens (primary N) is 2. The Balaban J connectivity index is 2.90. The molecule has 0 spiro atoms. The maximum atomic E-state index is 11.4. The van der Waals surface area contributed by atoms with Gasteiger partial charge in [0.1, 0.15) is 0 Å². The van der Waals surface area contributed by atoms with E-state index in [1.54, 1.807) is 18.2 Å². The van der Waals surface area contributed by atoms with Gasteiger partial charge in [0, 0.05) is 12.0 Å². The summed E-state index contributed by atoms with van der Waals surface area (Å²) in [5.74, 6) is 0.120. The van der Waals surface area contributed by atoms with E-state index in [1.807, 2.05) is 6.92 Å². The normalized spacial score (nSPS) is 9.92. The Kier molecular flexibility index (Phi) is 2.90. The molecule has 70 valence electrons. The molecule has 0 saturated heterocycles. The second-order valence-electron chi connectivity index (χ2n) is 3.02. The van der Waals surface area contributed by atoms with Crippen LogP contribution >= 0.6 is 0 Å². The molecule has 3 heteroatoms. The van der Waals surface area contributed by atoms with Crippen molar-refractivity contribution in [2.24, 2.45) is 0 Å². The van der Waals surface area contributed by atoms with Crippen LogP contribution < -0.4 is 11.5 Å². The molecule has 0 aliphatic carbocycles. The first-order chi connectivity index (χ1) is 6.15. The minimum absolute atomic E-state index is 0.120. The maximum Gasteiger partial charge on any atom is 0.162 e. The second kappa shape index (κ2) is 3.94. The van der Waals surface area contributed by atoms with Gasteiger partial charge in [0.25, 0.3) is 0 Å². The maximum absolute atomic E-state index is 11.4. The van der Waals surface area contributed by atoms with Gasteiger partial charge >= 0.3 is 0 Å². The molecule has 13 heavy (non-hydrogen) atoms. The lowest BCUT2D eigenvalue weighted by molar-refractivity contribution is 0.0982. The standard InChI is InChI=1S/C10H14N2O/c1-2-3-10(13)7-4-5-8(11)9(12)6-7/h4-6H,2-3,11-12H2,1H3. The van der Waals surface area contributed by atoms with Gasteiger partial charge in [0.15, 0.2) is 5.78 Å². The van der Waals surface area contributed by atoms with Gasteiger partial charge in [-0.25, -0.2) is 0 Å². The molecule has 0 fully saturated rings. The van der Waals surface area contributed by atoms with Crippen LogP contribution in [-0.2, 0) is 0 Å². The topological polar surface area (TPSA) is 69.1 Å². The SMILES string of the molecule is CCCC(=O)c1ccc(N)c(N)c1. The van der Waals surface area contributed by atoms with Gasteiger partial charge in [0.2, 0.25) is 0 Å². The van der Waals surface area contributed by atoms with Crippen LogP contribution in [0.25, 0.3) is 0 Å². The highest BCUT2D eigenvalue weighted by molar-refractivity contribution is 5.97. The van der Waals surface area contributed by atoms with Crippen LogP contribution in [0.2, 0.25) is 0 Å². The second-order valence-corrected chi connectivity index (χ2v) is 3.02. The Morgan fingerprint density at radius 3 is 2.54 bits per heavy atom. The molecular weight excluding hydrogens is 164 g/mol. The minimum Gasteiger partial charge on any atom is -0.397 e. The third-order valence-corrected chi connectivity index (χ3v) is 1.89. The summed E-state index contributed by atoms with van der Waals surface area (Å²) < 4.78 is 0. The van der Waals surface area contributed by atoms with E-state index in [2.05, 4.69) is 0 Å². The molecule has 1 aromatic carbocycles. The molecular formula is C10H14N2O. The van der Waals surface area contributed by atoms with E-state index in [9.17, 15) is 4.79 Å². The fourth-order valence-corrected chi connectivity index (χ4v) is 1.12. The molecule has 0 atom stereocenters. The van der Waals surface area contributed by atoms with Gasteiger partial charge in [-0.1, -0.05) is 6.92 Å². The number of rotatable bonds is 3. The highest BCUT2D eigenvalue weighted by Gasteiger charge is 2.05. The summed E-state index contributed by atoms with van der Waals surface area (Å²) in [6.45, 7) is 1.97. The molecule has 0 heterocycles. The lowest BCUT2D eigenvalue weighted by atomic mass is 10.1. The van der Waals surface area contributed by atoms with E-state index < -0.39 is 0 Å². The van der Waals surface area contributed by atoms with Crippen molar-refractivity contribution in [2.75, 3.05) is 11.5 Å². The van der Waals surface area contributed by atoms with Crippen molar-refractivity contribution < 1.29 is 4.79 Å². The summed E-state index contributed by atoms with van der Waals surface area (Å²) in [7, 11) is 0. The summed E-state index contributed by atoms with van der Waals surface area (Å²) in [5.41, 5.74) is 12.7. The molecule has 1 rings (SSSR count). The molecule has 0 saturated carbocycles. The van der Waals surface area contributed by atoms with E-state index in [1.165, 1.54) is 0 Å². The fourth-order valence-electron chi connectivity index (χ4n) is 1.12. The van der Waals surface area contributed by atoms with E-state index in [0.717, 1.165) is 6.42 Å². The largest absolute Gasteiger partial charge is 0.397 e. The van der Waals surface area contributed by atoms with Crippen LogP contribution in [0.1, 0.15) is 30.1 Å². The minimum atomic E-state index is 0.120. The zero-order valence-corrected chi connectivity index (χ0v) is 7.71. The van der Waals surface area contributed by atoms with Crippen molar-refractivity contribution in [1.29, 1.82) is 0 Å². The average molecular weight is 178 g/mol. The molecule has 0 bridgehead atoms. The molecule has 1 aromatic rings. The Labute approximate surface area is 77.7 Å². The van der Waals surface area contributed by atoms with Crippen LogP contribution in [0.5, 0.6) is 0 Å². The quantitative estimate of drug-likeness (QED) is 0.548. The number of hydrogen-bond donors (Lipinski definition) is 2. The first-order valence-corrected chi connectivity index (χ1v) is 4.33. The Morgan fingerprint density at radius 1 is 1.31 bits per heavy atom. The van der Waals surface area contributed by atoms with Crippen molar-refractivity contribution in [3.05, 3.63) is 23.8 Å². The zero-order chi connectivity index (χ0) is 9.84. The molecule has 0 aromatic heterocycles. The summed E-state index contributed by atoms with van der Waals surface area (Å²) >= 11 is 0. The van der Waals surface area contributed by atoms with Crippen molar-refractivity contribution in [1.82, 2.24) is 0 Å². The van der Waals surface area contributed by atoms with Gasteiger partial charge < -0.3 is 11.5 Å². The summed E-state index contributed by atoms with van der Waals surface area (Å²) in [6.07, 6.45) is 1.41. The van der Waals surface area contributed by atoms with Gasteiger partial charge in [-0.3, -0.25) is 4.79 Å². The smallest absolute Gasteiger partial charge is 0.162 e. The highest BCUT2D eigenvalue weighted by atomic mass is 16.1. The van der Waals surface area contributed by atoms with Crippen molar-refractivity contribution in [3.63, 3.8) is 0 Å². The van der Waals surface area contributed by atoms with Crippen molar-refractivity contribution in [3.8, 4) is 0 Å². The monoisotopic (exact) mass is 178 g/mol. The molecule has 0 unspecified atom stereocenters. The summed E-state index contributed by atoms with van der Waals surface area (Å²) in [6, 6.07) is 5.01. The lowest BCUT2D eigenvalue weighted by Crippen LogP contribution is -2.01. The van der Waals surface area contributed by atoms with Gasteiger partial charge in [-0.2, -0.15) is 0 Å². The van der Waals surface area contributed by atoms with Crippen LogP contribution in [0.3, 0.4) is 0 Å². The van der Waals surface area contributed by atoms with E-state index in [0.29, 0.717) is 23.4 Å². The Hall–Kier alpha value is -1.51. The third-order valence-electron chi connectivity index (χ3n) is 1.89. The van der Waals surface area contributed by atoms with Gasteiger partial charge in [-0.05, 0) is 24.6 Å². The first-order valence-electron chi connectivity index (χ1n) is 4.33. The average Bonchev–Trinajstić information content (AvgIpc) is 2.10. The zero-order valence-electron chi connectivity index (χ0n) is 7.71. The first kappa shape index (κ1) is 9.58. The number of carbonyl (C=O) groups is 1. The van der Waals surface area contributed by atoms with Crippen LogP contribution in [-0.4, -0.2) is 5.78 Å². The molecule has 0 aliphatic heterocycles. The van der Waals surface area contributed by atoms with E-state index in [4.69, 9.17) is 11.5 Å². The van der Waals surface area contributed by atoms with E-state index >= 15 is 0 Å². The molecule has 4 N–H and O–H groups in total. The van der Waals surface area contributed by atoms with Gasteiger partial charge in [0.05, 0.1) is 11.4 Å². The van der Waals surface area contributed by atoms with Crippen LogP contribution in [0.4, 0.5) is 11.4 Å². The molecule has 3 nitrogen and oxygen atoms in total. The number of hydrogen-bond acceptors (Lipinski definition) is 3. The van der Waals surface area contributed by atoms with Crippen molar-refractivity contribution >= 4 is 17.2 Å². The number of nitrogen functional groups attached to an aromatic ring is 2. The van der Waals surface area contributed by atoms with Crippen molar-refractivity contribution in [2.45, 2.75) is 19.8 Å².